The molecule has 8 aromatic rings. The normalized spacial score (nSPS) is 22.6. The number of aromatic nitrogens is 4. The highest BCUT2D eigenvalue weighted by molar-refractivity contribution is 6.07. The predicted octanol–water partition coefficient (Wildman–Crippen LogP) is 11.0. The fourth-order valence-corrected chi connectivity index (χ4v) is 10.0. The zero-order valence-electron chi connectivity index (χ0n) is 27.5. The first kappa shape index (κ1) is 28.2. The summed E-state index contributed by atoms with van der Waals surface area (Å²) in [5.41, 5.74) is 9.61. The van der Waals surface area contributed by atoms with Gasteiger partial charge in [0.25, 0.3) is 0 Å². The van der Waals surface area contributed by atoms with Gasteiger partial charge in [0.15, 0.2) is 29.4 Å². The van der Waals surface area contributed by atoms with Gasteiger partial charge in [-0.1, -0.05) is 78.9 Å². The van der Waals surface area contributed by atoms with E-state index in [1.54, 1.807) is 0 Å². The van der Waals surface area contributed by atoms with Crippen LogP contribution in [0.4, 0.5) is 0 Å². The molecular weight excluding hydrogens is 617 g/mol. The molecule has 0 radical (unpaired) electrons. The molecule has 242 valence electrons. The van der Waals surface area contributed by atoms with Crippen molar-refractivity contribution in [3.05, 3.63) is 121 Å². The number of benzene rings is 5. The highest BCUT2D eigenvalue weighted by Gasteiger charge is 2.51. The number of hydrogen-bond acceptors (Lipinski definition) is 6. The quantitative estimate of drug-likeness (QED) is 0.184. The van der Waals surface area contributed by atoms with Crippen LogP contribution in [0.5, 0.6) is 0 Å². The summed E-state index contributed by atoms with van der Waals surface area (Å²) in [6, 6.07) is 37.9. The van der Waals surface area contributed by atoms with E-state index in [2.05, 4.69) is 54.6 Å². The average Bonchev–Trinajstić information content (AvgIpc) is 3.79. The van der Waals surface area contributed by atoms with E-state index in [1.165, 1.54) is 50.5 Å². The summed E-state index contributed by atoms with van der Waals surface area (Å²) in [7, 11) is 0. The molecule has 12 rings (SSSR count). The number of furan rings is 1. The molecule has 6 nitrogen and oxygen atoms in total. The van der Waals surface area contributed by atoms with Gasteiger partial charge in [-0.3, -0.25) is 0 Å². The lowest BCUT2D eigenvalue weighted by Crippen LogP contribution is -2.48. The summed E-state index contributed by atoms with van der Waals surface area (Å²) in [5, 5.41) is 2.20. The number of hydrogen-bond donors (Lipinski definition) is 0. The second kappa shape index (κ2) is 10.7. The van der Waals surface area contributed by atoms with E-state index in [1.807, 2.05) is 54.6 Å². The van der Waals surface area contributed by atoms with Gasteiger partial charge in [-0.15, -0.1) is 0 Å². The Morgan fingerprint density at radius 2 is 1.16 bits per heavy atom. The van der Waals surface area contributed by atoms with E-state index in [-0.39, 0.29) is 0 Å². The molecule has 6 heteroatoms. The number of oxazole rings is 1. The van der Waals surface area contributed by atoms with E-state index in [9.17, 15) is 0 Å². The minimum Gasteiger partial charge on any atom is -0.456 e. The molecule has 0 unspecified atom stereocenters. The van der Waals surface area contributed by atoms with Gasteiger partial charge in [-0.25, -0.2) is 19.9 Å². The smallest absolute Gasteiger partial charge is 0.182 e. The van der Waals surface area contributed by atoms with Crippen LogP contribution in [0.3, 0.4) is 0 Å². The highest BCUT2D eigenvalue weighted by atomic mass is 16.3. The molecule has 5 aromatic carbocycles. The van der Waals surface area contributed by atoms with Gasteiger partial charge in [0, 0.05) is 33.0 Å². The molecule has 50 heavy (non-hydrogen) atoms. The van der Waals surface area contributed by atoms with Crippen LogP contribution in [0, 0.1) is 17.8 Å². The van der Waals surface area contributed by atoms with Crippen molar-refractivity contribution < 1.29 is 8.83 Å². The molecule has 0 spiro atoms. The van der Waals surface area contributed by atoms with Crippen LogP contribution < -0.4 is 0 Å². The van der Waals surface area contributed by atoms with Crippen LogP contribution in [0.1, 0.15) is 44.1 Å². The Kier molecular flexibility index (Phi) is 6.04. The summed E-state index contributed by atoms with van der Waals surface area (Å²) >= 11 is 0. The topological polar surface area (TPSA) is 77.8 Å². The van der Waals surface area contributed by atoms with Gasteiger partial charge in [0.2, 0.25) is 0 Å². The van der Waals surface area contributed by atoms with Crippen LogP contribution in [0.15, 0.2) is 124 Å². The maximum Gasteiger partial charge on any atom is 0.182 e. The Morgan fingerprint density at radius 3 is 1.92 bits per heavy atom. The third kappa shape index (κ3) is 4.40. The molecule has 0 N–H and O–H groups in total. The Morgan fingerprint density at radius 1 is 0.540 bits per heavy atom. The van der Waals surface area contributed by atoms with Crippen LogP contribution in [-0.4, -0.2) is 19.9 Å². The second-order valence-electron chi connectivity index (χ2n) is 14.9. The maximum absolute atomic E-state index is 6.21. The number of para-hydroxylation sites is 1. The van der Waals surface area contributed by atoms with Crippen molar-refractivity contribution in [3.63, 3.8) is 0 Å². The fraction of sp³-hybridized carbons (Fsp3) is 0.227. The first-order chi connectivity index (χ1) is 24.7. The largest absolute Gasteiger partial charge is 0.456 e. The molecule has 0 aliphatic heterocycles. The maximum atomic E-state index is 6.21. The Labute approximate surface area is 289 Å². The zero-order chi connectivity index (χ0) is 32.8. The van der Waals surface area contributed by atoms with E-state index in [0.29, 0.717) is 34.0 Å². The molecule has 4 bridgehead atoms. The highest BCUT2D eigenvalue weighted by Crippen LogP contribution is 2.60. The monoisotopic (exact) mass is 650 g/mol. The third-order valence-electron chi connectivity index (χ3n) is 11.9. The van der Waals surface area contributed by atoms with Gasteiger partial charge in [-0.05, 0) is 103 Å². The van der Waals surface area contributed by atoms with Crippen molar-refractivity contribution in [2.75, 3.05) is 0 Å². The summed E-state index contributed by atoms with van der Waals surface area (Å²) in [6.45, 7) is 0. The van der Waals surface area contributed by atoms with Crippen LogP contribution in [0.2, 0.25) is 0 Å². The summed E-state index contributed by atoms with van der Waals surface area (Å²) in [4.78, 5) is 19.8. The molecule has 4 aliphatic rings. The van der Waals surface area contributed by atoms with Crippen molar-refractivity contribution in [3.8, 4) is 45.3 Å². The molecule has 4 saturated carbocycles. The van der Waals surface area contributed by atoms with E-state index < -0.39 is 0 Å². The lowest BCUT2D eigenvalue weighted by atomic mass is 9.48. The minimum absolute atomic E-state index is 0.349. The number of fused-ring (bicyclic) bond motifs is 4. The van der Waals surface area contributed by atoms with Gasteiger partial charge >= 0.3 is 0 Å². The van der Waals surface area contributed by atoms with Crippen LogP contribution in [-0.2, 0) is 5.41 Å². The van der Waals surface area contributed by atoms with Gasteiger partial charge in [-0.2, -0.15) is 0 Å². The number of rotatable bonds is 5. The molecular formula is C44H34N4O2. The summed E-state index contributed by atoms with van der Waals surface area (Å²) in [6.07, 6.45) is 9.89. The Balaban J connectivity index is 1.01. The molecule has 4 fully saturated rings. The second-order valence-corrected chi connectivity index (χ2v) is 14.9. The third-order valence-corrected chi connectivity index (χ3v) is 11.9. The molecule has 0 saturated heterocycles. The molecule has 0 amide bonds. The predicted molar refractivity (Wildman–Crippen MR) is 196 cm³/mol. The van der Waals surface area contributed by atoms with Crippen molar-refractivity contribution in [2.45, 2.75) is 43.9 Å². The lowest BCUT2D eigenvalue weighted by Gasteiger charge is -2.57. The van der Waals surface area contributed by atoms with Crippen molar-refractivity contribution in [2.24, 2.45) is 17.8 Å². The average molecular weight is 651 g/mol. The van der Waals surface area contributed by atoms with Gasteiger partial charge < -0.3 is 8.83 Å². The van der Waals surface area contributed by atoms with Crippen molar-refractivity contribution in [1.29, 1.82) is 0 Å². The van der Waals surface area contributed by atoms with E-state index in [4.69, 9.17) is 28.8 Å². The summed E-state index contributed by atoms with van der Waals surface area (Å²) < 4.78 is 12.3. The SMILES string of the molecule is c1ccc(-c2nc(-c3ccc(C45CC6CC(CC(C6)C4)C5)cc3)nc(-c3ccc(-c4ccc5c(c4)oc4ccccc45)c4ocnc34)n2)cc1. The first-order valence-corrected chi connectivity index (χ1v) is 17.9. The molecule has 4 aliphatic carbocycles. The Bertz CT molecular complexity index is 2550. The van der Waals surface area contributed by atoms with Gasteiger partial charge in [0.05, 0.1) is 0 Å². The minimum atomic E-state index is 0.349. The van der Waals surface area contributed by atoms with Crippen molar-refractivity contribution >= 4 is 33.0 Å². The van der Waals surface area contributed by atoms with Crippen LogP contribution >= 0.6 is 0 Å². The Hall–Kier alpha value is -5.62. The lowest BCUT2D eigenvalue weighted by molar-refractivity contribution is -0.00518. The number of nitrogens with zero attached hydrogens (tertiary/aromatic N) is 4. The van der Waals surface area contributed by atoms with Gasteiger partial charge in [0.1, 0.15) is 16.7 Å². The molecule has 3 heterocycles. The molecule has 0 atom stereocenters. The molecule has 3 aromatic heterocycles. The standard InChI is InChI=1S/C44H34N4O2/c1-2-6-29(7-3-1)41-46-42(30-10-13-32(14-11-30)44-22-26-18-27(23-44)20-28(19-26)24-44)48-43(47-41)36-17-16-33(40-39(36)45-25-49-40)31-12-15-35-34-8-4-5-9-37(34)50-38(35)21-31/h1-17,21,25-28H,18-20,22-24H2. The van der Waals surface area contributed by atoms with Crippen molar-refractivity contribution in [1.82, 2.24) is 19.9 Å². The van der Waals surface area contributed by atoms with Crippen LogP contribution in [0.25, 0.3) is 78.3 Å². The fourth-order valence-electron chi connectivity index (χ4n) is 10.0. The van der Waals surface area contributed by atoms with E-state index in [0.717, 1.165) is 67.5 Å². The first-order valence-electron chi connectivity index (χ1n) is 17.9. The zero-order valence-corrected chi connectivity index (χ0v) is 27.5. The summed E-state index contributed by atoms with van der Waals surface area (Å²) in [5.74, 6) is 4.58. The van der Waals surface area contributed by atoms with E-state index >= 15 is 0 Å².